The molecule has 0 amide bonds. The van der Waals surface area contributed by atoms with E-state index in [1.54, 1.807) is 6.92 Å². The second-order valence-electron chi connectivity index (χ2n) is 5.74. The van der Waals surface area contributed by atoms with Crippen LogP contribution in [0.3, 0.4) is 0 Å². The van der Waals surface area contributed by atoms with Gasteiger partial charge in [0.05, 0.1) is 13.2 Å². The number of carbonyl (C=O) groups is 1. The summed E-state index contributed by atoms with van der Waals surface area (Å²) in [5.41, 5.74) is 2.05. The molecule has 0 bridgehead atoms. The van der Waals surface area contributed by atoms with Crippen molar-refractivity contribution in [2.75, 3.05) is 13.2 Å². The minimum absolute atomic E-state index is 0.256. The van der Waals surface area contributed by atoms with Crippen LogP contribution >= 0.6 is 0 Å². The molecule has 0 aliphatic carbocycles. The van der Waals surface area contributed by atoms with E-state index in [0.29, 0.717) is 5.57 Å². The molecule has 1 fully saturated rings. The Morgan fingerprint density at radius 2 is 2.05 bits per heavy atom. The molecule has 20 heavy (non-hydrogen) atoms. The van der Waals surface area contributed by atoms with Crippen molar-refractivity contribution in [2.45, 2.75) is 32.6 Å². The fourth-order valence-corrected chi connectivity index (χ4v) is 2.64. The van der Waals surface area contributed by atoms with Gasteiger partial charge in [0.25, 0.3) is 0 Å². The molecule has 1 aliphatic rings. The summed E-state index contributed by atoms with van der Waals surface area (Å²) in [5, 5.41) is 8.81. The SMILES string of the molecule is CC(=CCCCC1(Cc2ccccc2)COC1)C(=O)O. The molecule has 108 valence electrons. The molecule has 0 atom stereocenters. The normalized spacial score (nSPS) is 17.6. The minimum Gasteiger partial charge on any atom is -0.478 e. The first kappa shape index (κ1) is 14.8. The Balaban J connectivity index is 1.83. The molecule has 1 aliphatic heterocycles. The Morgan fingerprint density at radius 1 is 1.35 bits per heavy atom. The third kappa shape index (κ3) is 3.94. The molecule has 0 saturated carbocycles. The Labute approximate surface area is 120 Å². The Kier molecular flexibility index (Phi) is 4.96. The van der Waals surface area contributed by atoms with Crippen molar-refractivity contribution < 1.29 is 14.6 Å². The number of hydrogen-bond donors (Lipinski definition) is 1. The van der Waals surface area contributed by atoms with Crippen LogP contribution in [0.5, 0.6) is 0 Å². The Bertz CT molecular complexity index is 472. The predicted molar refractivity (Wildman–Crippen MR) is 78.6 cm³/mol. The van der Waals surface area contributed by atoms with Gasteiger partial charge in [0, 0.05) is 11.0 Å². The maximum Gasteiger partial charge on any atom is 0.330 e. The number of hydrogen-bond acceptors (Lipinski definition) is 2. The zero-order valence-electron chi connectivity index (χ0n) is 12.0. The summed E-state index contributed by atoms with van der Waals surface area (Å²) in [6.45, 7) is 3.29. The fraction of sp³-hybridized carbons (Fsp3) is 0.471. The van der Waals surface area contributed by atoms with Crippen LogP contribution < -0.4 is 0 Å². The number of rotatable bonds is 7. The third-order valence-corrected chi connectivity index (χ3v) is 3.94. The largest absolute Gasteiger partial charge is 0.478 e. The van der Waals surface area contributed by atoms with Crippen LogP contribution in [0, 0.1) is 5.41 Å². The standard InChI is InChI=1S/C17H22O3/c1-14(16(18)19)7-5-6-10-17(12-20-13-17)11-15-8-3-2-4-9-15/h2-4,7-9H,5-6,10-13H2,1H3,(H,18,19). The van der Waals surface area contributed by atoms with Crippen molar-refractivity contribution in [3.8, 4) is 0 Å². The molecule has 3 nitrogen and oxygen atoms in total. The molecule has 0 unspecified atom stereocenters. The lowest BCUT2D eigenvalue weighted by Gasteiger charge is -2.42. The first-order valence-corrected chi connectivity index (χ1v) is 7.13. The number of unbranched alkanes of at least 4 members (excludes halogenated alkanes) is 1. The van der Waals surface area contributed by atoms with Gasteiger partial charge < -0.3 is 9.84 Å². The molecular formula is C17H22O3. The summed E-state index contributed by atoms with van der Waals surface area (Å²) in [6.07, 6.45) is 5.80. The van der Waals surface area contributed by atoms with E-state index < -0.39 is 5.97 Å². The van der Waals surface area contributed by atoms with Gasteiger partial charge >= 0.3 is 5.97 Å². The van der Waals surface area contributed by atoms with E-state index in [2.05, 4.69) is 24.3 Å². The van der Waals surface area contributed by atoms with Crippen molar-refractivity contribution in [1.29, 1.82) is 0 Å². The van der Waals surface area contributed by atoms with Crippen LogP contribution in [0.4, 0.5) is 0 Å². The molecule has 1 saturated heterocycles. The first-order chi connectivity index (χ1) is 9.61. The van der Waals surface area contributed by atoms with Gasteiger partial charge in [-0.2, -0.15) is 0 Å². The summed E-state index contributed by atoms with van der Waals surface area (Å²) >= 11 is 0. The fourth-order valence-electron chi connectivity index (χ4n) is 2.64. The third-order valence-electron chi connectivity index (χ3n) is 3.94. The molecule has 0 radical (unpaired) electrons. The zero-order chi connectivity index (χ0) is 14.4. The van der Waals surface area contributed by atoms with Crippen LogP contribution in [-0.4, -0.2) is 24.3 Å². The molecule has 0 spiro atoms. The van der Waals surface area contributed by atoms with Gasteiger partial charge in [-0.05, 0) is 38.2 Å². The van der Waals surface area contributed by atoms with E-state index >= 15 is 0 Å². The van der Waals surface area contributed by atoms with E-state index in [9.17, 15) is 4.79 Å². The monoisotopic (exact) mass is 274 g/mol. The van der Waals surface area contributed by atoms with Gasteiger partial charge in [-0.1, -0.05) is 36.4 Å². The summed E-state index contributed by atoms with van der Waals surface area (Å²) in [6, 6.07) is 10.5. The van der Waals surface area contributed by atoms with Crippen LogP contribution in [0.2, 0.25) is 0 Å². The molecule has 3 heteroatoms. The molecule has 1 heterocycles. The summed E-state index contributed by atoms with van der Waals surface area (Å²) < 4.78 is 5.42. The number of carboxylic acid groups (broad SMARTS) is 1. The quantitative estimate of drug-likeness (QED) is 0.612. The van der Waals surface area contributed by atoms with Crippen molar-refractivity contribution >= 4 is 5.97 Å². The average Bonchev–Trinajstić information content (AvgIpc) is 2.41. The maximum atomic E-state index is 10.7. The summed E-state index contributed by atoms with van der Waals surface area (Å²) in [4.78, 5) is 10.7. The van der Waals surface area contributed by atoms with Crippen molar-refractivity contribution in [2.24, 2.45) is 5.41 Å². The van der Waals surface area contributed by atoms with Crippen molar-refractivity contribution in [3.63, 3.8) is 0 Å². The Morgan fingerprint density at radius 3 is 2.60 bits per heavy atom. The van der Waals surface area contributed by atoms with E-state index in [4.69, 9.17) is 9.84 Å². The second kappa shape index (κ2) is 6.71. The topological polar surface area (TPSA) is 46.5 Å². The lowest BCUT2D eigenvalue weighted by Crippen LogP contribution is -2.44. The highest BCUT2D eigenvalue weighted by Gasteiger charge is 2.37. The number of benzene rings is 1. The smallest absolute Gasteiger partial charge is 0.330 e. The average molecular weight is 274 g/mol. The number of carboxylic acids is 1. The summed E-state index contributed by atoms with van der Waals surface area (Å²) in [7, 11) is 0. The number of aliphatic carboxylic acids is 1. The summed E-state index contributed by atoms with van der Waals surface area (Å²) in [5.74, 6) is -0.823. The lowest BCUT2D eigenvalue weighted by molar-refractivity contribution is -0.132. The molecule has 1 aromatic rings. The Hall–Kier alpha value is -1.61. The lowest BCUT2D eigenvalue weighted by atomic mass is 9.76. The molecule has 2 rings (SSSR count). The van der Waals surface area contributed by atoms with Crippen molar-refractivity contribution in [3.05, 3.63) is 47.5 Å². The van der Waals surface area contributed by atoms with Gasteiger partial charge in [0.2, 0.25) is 0 Å². The molecule has 1 N–H and O–H groups in total. The maximum absolute atomic E-state index is 10.7. The number of ether oxygens (including phenoxy) is 1. The van der Waals surface area contributed by atoms with E-state index in [1.807, 2.05) is 12.1 Å². The molecular weight excluding hydrogens is 252 g/mol. The van der Waals surface area contributed by atoms with Crippen LogP contribution in [-0.2, 0) is 16.0 Å². The van der Waals surface area contributed by atoms with Crippen LogP contribution in [0.15, 0.2) is 42.0 Å². The molecule has 0 aromatic heterocycles. The van der Waals surface area contributed by atoms with E-state index in [1.165, 1.54) is 5.56 Å². The second-order valence-corrected chi connectivity index (χ2v) is 5.74. The van der Waals surface area contributed by atoms with Gasteiger partial charge in [0.15, 0.2) is 0 Å². The highest BCUT2D eigenvalue weighted by atomic mass is 16.5. The van der Waals surface area contributed by atoms with Gasteiger partial charge in [0.1, 0.15) is 0 Å². The van der Waals surface area contributed by atoms with E-state index in [-0.39, 0.29) is 5.41 Å². The van der Waals surface area contributed by atoms with Gasteiger partial charge in [-0.3, -0.25) is 0 Å². The van der Waals surface area contributed by atoms with Crippen LogP contribution in [0.25, 0.3) is 0 Å². The van der Waals surface area contributed by atoms with Crippen molar-refractivity contribution in [1.82, 2.24) is 0 Å². The first-order valence-electron chi connectivity index (χ1n) is 7.13. The van der Waals surface area contributed by atoms with E-state index in [0.717, 1.165) is 38.9 Å². The zero-order valence-corrected chi connectivity index (χ0v) is 12.0. The highest BCUT2D eigenvalue weighted by Crippen LogP contribution is 2.37. The minimum atomic E-state index is -0.823. The van der Waals surface area contributed by atoms with Crippen LogP contribution in [0.1, 0.15) is 31.7 Å². The number of allylic oxidation sites excluding steroid dienone is 1. The van der Waals surface area contributed by atoms with Gasteiger partial charge in [-0.15, -0.1) is 0 Å². The predicted octanol–water partition coefficient (Wildman–Crippen LogP) is 3.45. The van der Waals surface area contributed by atoms with Gasteiger partial charge in [-0.25, -0.2) is 4.79 Å². The molecule has 1 aromatic carbocycles. The highest BCUT2D eigenvalue weighted by molar-refractivity contribution is 5.85.